The third-order valence-electron chi connectivity index (χ3n) is 7.17. The smallest absolute Gasteiger partial charge is 0.462 e. The zero-order chi connectivity index (χ0) is 32.6. The van der Waals surface area contributed by atoms with Crippen LogP contribution in [0.25, 0.3) is 0 Å². The van der Waals surface area contributed by atoms with Crippen LogP contribution in [0.15, 0.2) is 36.5 Å². The number of hydrogen-bond acceptors (Lipinski definition) is 6. The number of rotatable bonds is 31. The first kappa shape index (κ1) is 42.3. The number of esters is 2. The summed E-state index contributed by atoms with van der Waals surface area (Å²) in [6, 6.07) is 0. The predicted octanol–water partition coefficient (Wildman–Crippen LogP) is 9.84. The molecule has 0 spiro atoms. The van der Waals surface area contributed by atoms with Crippen LogP contribution in [0.5, 0.6) is 0 Å². The van der Waals surface area contributed by atoms with E-state index in [4.69, 9.17) is 19.3 Å². The van der Waals surface area contributed by atoms with Crippen molar-refractivity contribution < 1.29 is 37.9 Å². The molecule has 0 aliphatic heterocycles. The van der Waals surface area contributed by atoms with Crippen LogP contribution >= 0.6 is 7.82 Å². The van der Waals surface area contributed by atoms with Gasteiger partial charge in [0.05, 0.1) is 6.61 Å². The first-order valence-electron chi connectivity index (χ1n) is 17.3. The maximum atomic E-state index is 12.3. The second-order valence-corrected chi connectivity index (χ2v) is 12.7. The zero-order valence-electron chi connectivity index (χ0n) is 27.8. The summed E-state index contributed by atoms with van der Waals surface area (Å²) >= 11 is 0. The molecule has 0 rings (SSSR count). The van der Waals surface area contributed by atoms with Gasteiger partial charge in [-0.3, -0.25) is 14.1 Å². The Bertz CT molecular complexity index is 818. The van der Waals surface area contributed by atoms with E-state index in [2.05, 4.69) is 54.8 Å². The van der Waals surface area contributed by atoms with Crippen molar-refractivity contribution in [1.82, 2.24) is 0 Å². The van der Waals surface area contributed by atoms with Crippen molar-refractivity contribution in [1.29, 1.82) is 0 Å². The summed E-state index contributed by atoms with van der Waals surface area (Å²) in [5.41, 5.74) is 0. The van der Waals surface area contributed by atoms with Crippen molar-refractivity contribution in [3.63, 3.8) is 0 Å². The Morgan fingerprint density at radius 1 is 0.614 bits per heavy atom. The predicted molar refractivity (Wildman–Crippen MR) is 179 cm³/mol. The van der Waals surface area contributed by atoms with E-state index in [1.807, 2.05) is 0 Å². The van der Waals surface area contributed by atoms with Crippen LogP contribution in [-0.2, 0) is 28.2 Å². The normalized spacial score (nSPS) is 12.9. The number of carbonyl (C=O) groups is 2. The van der Waals surface area contributed by atoms with Gasteiger partial charge in [-0.05, 0) is 44.9 Å². The van der Waals surface area contributed by atoms with Gasteiger partial charge in [0.15, 0.2) is 6.10 Å². The van der Waals surface area contributed by atoms with Crippen molar-refractivity contribution in [2.45, 2.75) is 161 Å². The third kappa shape index (κ3) is 33.2. The molecule has 0 aliphatic rings. The van der Waals surface area contributed by atoms with Gasteiger partial charge >= 0.3 is 19.8 Å². The number of phosphoric acid groups is 1. The summed E-state index contributed by atoms with van der Waals surface area (Å²) in [4.78, 5) is 42.5. The molecule has 256 valence electrons. The number of unbranched alkanes of at least 4 members (excludes halogenated alkanes) is 15. The fraction of sp³-hybridized carbons (Fsp3) is 0.771. The lowest BCUT2D eigenvalue weighted by Gasteiger charge is -2.18. The van der Waals surface area contributed by atoms with E-state index in [0.717, 1.165) is 70.6 Å². The molecule has 8 nitrogen and oxygen atoms in total. The lowest BCUT2D eigenvalue weighted by molar-refractivity contribution is -0.161. The second kappa shape index (κ2) is 31.3. The van der Waals surface area contributed by atoms with E-state index in [-0.39, 0.29) is 19.4 Å². The Labute approximate surface area is 268 Å². The Hall–Kier alpha value is -1.73. The molecule has 0 saturated carbocycles. The van der Waals surface area contributed by atoms with Crippen molar-refractivity contribution in [2.75, 3.05) is 13.2 Å². The van der Waals surface area contributed by atoms with Gasteiger partial charge in [0.1, 0.15) is 6.61 Å². The summed E-state index contributed by atoms with van der Waals surface area (Å²) in [6.45, 7) is 3.52. The molecular weight excluding hydrogens is 579 g/mol. The Kier molecular flexibility index (Phi) is 30.0. The number of carbonyl (C=O) groups excluding carboxylic acids is 2. The van der Waals surface area contributed by atoms with Crippen LogP contribution in [0.4, 0.5) is 0 Å². The summed E-state index contributed by atoms with van der Waals surface area (Å²) in [7, 11) is -4.75. The third-order valence-corrected chi connectivity index (χ3v) is 7.66. The van der Waals surface area contributed by atoms with Gasteiger partial charge in [-0.15, -0.1) is 0 Å². The van der Waals surface area contributed by atoms with Crippen molar-refractivity contribution in [2.24, 2.45) is 0 Å². The van der Waals surface area contributed by atoms with Crippen LogP contribution < -0.4 is 0 Å². The number of hydrogen-bond donors (Lipinski definition) is 2. The van der Waals surface area contributed by atoms with Crippen molar-refractivity contribution >= 4 is 19.8 Å². The Morgan fingerprint density at radius 2 is 1.09 bits per heavy atom. The molecular formula is C35H63O8P. The minimum absolute atomic E-state index is 0.209. The van der Waals surface area contributed by atoms with E-state index in [0.29, 0.717) is 12.8 Å². The van der Waals surface area contributed by atoms with Gasteiger partial charge in [0.2, 0.25) is 0 Å². The summed E-state index contributed by atoms with van der Waals surface area (Å²) in [5.74, 6) is -0.906. The van der Waals surface area contributed by atoms with Crippen LogP contribution in [0.3, 0.4) is 0 Å². The molecule has 0 radical (unpaired) electrons. The minimum Gasteiger partial charge on any atom is -0.462 e. The number of allylic oxidation sites excluding steroid dienone is 6. The Morgan fingerprint density at radius 3 is 1.64 bits per heavy atom. The summed E-state index contributed by atoms with van der Waals surface area (Å²) < 4.78 is 26.2. The molecule has 2 N–H and O–H groups in total. The topological polar surface area (TPSA) is 119 Å². The fourth-order valence-corrected chi connectivity index (χ4v) is 4.98. The zero-order valence-corrected chi connectivity index (χ0v) is 28.7. The maximum Gasteiger partial charge on any atom is 0.469 e. The van der Waals surface area contributed by atoms with Crippen LogP contribution in [-0.4, -0.2) is 41.0 Å². The van der Waals surface area contributed by atoms with Crippen LogP contribution in [0.1, 0.15) is 155 Å². The van der Waals surface area contributed by atoms with Gasteiger partial charge < -0.3 is 19.3 Å². The van der Waals surface area contributed by atoms with Crippen molar-refractivity contribution in [3.8, 4) is 0 Å². The molecule has 0 aliphatic carbocycles. The monoisotopic (exact) mass is 642 g/mol. The molecule has 0 aromatic carbocycles. The van der Waals surface area contributed by atoms with E-state index >= 15 is 0 Å². The molecule has 44 heavy (non-hydrogen) atoms. The standard InChI is InChI=1S/C35H63O8P/c1-3-5-7-9-11-13-15-16-17-18-20-21-23-25-27-29-34(36)41-31-33(32-42-44(38,39)40)43-35(37)30-28-26-24-22-19-14-12-10-8-6-4-2/h5,7,11,13,16-17,33H,3-4,6,8-10,12,14-15,18-32H2,1-2H3,(H2,38,39,40)/b7-5-,13-11-,17-16-/t33-/m1/s1. The van der Waals surface area contributed by atoms with Gasteiger partial charge in [-0.25, -0.2) is 4.57 Å². The highest BCUT2D eigenvalue weighted by atomic mass is 31.2. The average molecular weight is 643 g/mol. The van der Waals surface area contributed by atoms with Gasteiger partial charge in [-0.2, -0.15) is 0 Å². The molecule has 0 fully saturated rings. The SMILES string of the molecule is CC/C=C\C/C=C\C/C=C\CCCCCCCC(=O)OC[C@H](COP(=O)(O)O)OC(=O)CCCCCCCCCCCCC. The molecule has 0 heterocycles. The van der Waals surface area contributed by atoms with Gasteiger partial charge in [0.25, 0.3) is 0 Å². The number of ether oxygens (including phenoxy) is 2. The average Bonchev–Trinajstić information content (AvgIpc) is 2.98. The summed E-state index contributed by atoms with van der Waals surface area (Å²) in [5, 5.41) is 0. The van der Waals surface area contributed by atoms with Crippen LogP contribution in [0, 0.1) is 0 Å². The molecule has 0 amide bonds. The lowest BCUT2D eigenvalue weighted by Crippen LogP contribution is -2.29. The highest BCUT2D eigenvalue weighted by molar-refractivity contribution is 7.46. The quantitative estimate of drug-likeness (QED) is 0.0332. The number of phosphoric ester groups is 1. The Balaban J connectivity index is 4.02. The molecule has 9 heteroatoms. The highest BCUT2D eigenvalue weighted by Crippen LogP contribution is 2.35. The van der Waals surface area contributed by atoms with Crippen LogP contribution in [0.2, 0.25) is 0 Å². The fourth-order valence-electron chi connectivity index (χ4n) is 4.62. The molecule has 0 bridgehead atoms. The van der Waals surface area contributed by atoms with E-state index in [1.165, 1.54) is 44.9 Å². The molecule has 0 unspecified atom stereocenters. The lowest BCUT2D eigenvalue weighted by atomic mass is 10.1. The molecule has 0 aromatic heterocycles. The van der Waals surface area contributed by atoms with E-state index in [1.54, 1.807) is 0 Å². The molecule has 0 saturated heterocycles. The van der Waals surface area contributed by atoms with Gasteiger partial charge in [-0.1, -0.05) is 134 Å². The van der Waals surface area contributed by atoms with E-state index in [9.17, 15) is 14.2 Å². The van der Waals surface area contributed by atoms with Gasteiger partial charge in [0, 0.05) is 12.8 Å². The maximum absolute atomic E-state index is 12.3. The van der Waals surface area contributed by atoms with Crippen molar-refractivity contribution in [3.05, 3.63) is 36.5 Å². The summed E-state index contributed by atoms with van der Waals surface area (Å²) in [6.07, 6.45) is 34.4. The molecule has 0 aromatic rings. The first-order chi connectivity index (χ1) is 21.3. The van der Waals surface area contributed by atoms with E-state index < -0.39 is 32.5 Å². The molecule has 1 atom stereocenters. The highest BCUT2D eigenvalue weighted by Gasteiger charge is 2.22. The first-order valence-corrected chi connectivity index (χ1v) is 18.8. The second-order valence-electron chi connectivity index (χ2n) is 11.5. The minimum atomic E-state index is -4.75. The largest absolute Gasteiger partial charge is 0.469 e.